The molecule has 0 spiro atoms. The molecule has 0 saturated heterocycles. The molecule has 0 atom stereocenters. The summed E-state index contributed by atoms with van der Waals surface area (Å²) in [4.78, 5) is 2.38. The zero-order valence-electron chi connectivity index (χ0n) is 26.3. The van der Waals surface area contributed by atoms with Gasteiger partial charge in [-0.15, -0.1) is 0 Å². The van der Waals surface area contributed by atoms with Gasteiger partial charge < -0.3 is 9.32 Å². The van der Waals surface area contributed by atoms with Crippen molar-refractivity contribution in [3.05, 3.63) is 188 Å². The lowest BCUT2D eigenvalue weighted by Crippen LogP contribution is -2.10. The number of benzene rings is 8. The Labute approximate surface area is 279 Å². The molecular formula is C46H31NO. The van der Waals surface area contributed by atoms with Gasteiger partial charge in [-0.25, -0.2) is 0 Å². The van der Waals surface area contributed by atoms with E-state index in [4.69, 9.17) is 4.42 Å². The zero-order chi connectivity index (χ0) is 31.9. The van der Waals surface area contributed by atoms with Crippen LogP contribution in [0.15, 0.2) is 192 Å². The molecule has 8 aromatic carbocycles. The highest BCUT2D eigenvalue weighted by atomic mass is 16.3. The van der Waals surface area contributed by atoms with E-state index in [1.807, 2.05) is 6.07 Å². The lowest BCUT2D eigenvalue weighted by atomic mass is 9.94. The lowest BCUT2D eigenvalue weighted by Gasteiger charge is -2.27. The Morgan fingerprint density at radius 2 is 0.833 bits per heavy atom. The van der Waals surface area contributed by atoms with Crippen LogP contribution in [-0.4, -0.2) is 0 Å². The molecule has 0 unspecified atom stereocenters. The molecule has 0 radical (unpaired) electrons. The van der Waals surface area contributed by atoms with Crippen molar-refractivity contribution in [1.82, 2.24) is 0 Å². The SMILES string of the molecule is c1ccc(-c2cccc(N(c3cccc(-c4ccccc4)c3)c3ccc4c(-c5ccccc5)cc5oc6ccccc6c5c4c3)c2)cc1. The summed E-state index contributed by atoms with van der Waals surface area (Å²) in [6, 6.07) is 66.9. The van der Waals surface area contributed by atoms with Crippen molar-refractivity contribution in [3.63, 3.8) is 0 Å². The molecule has 0 bridgehead atoms. The van der Waals surface area contributed by atoms with Crippen molar-refractivity contribution in [1.29, 1.82) is 0 Å². The maximum Gasteiger partial charge on any atom is 0.136 e. The van der Waals surface area contributed by atoms with Crippen LogP contribution in [0.3, 0.4) is 0 Å². The highest BCUT2D eigenvalue weighted by molar-refractivity contribution is 6.22. The fraction of sp³-hybridized carbons (Fsp3) is 0. The number of fused-ring (bicyclic) bond motifs is 5. The van der Waals surface area contributed by atoms with Gasteiger partial charge in [0.2, 0.25) is 0 Å². The van der Waals surface area contributed by atoms with Crippen molar-refractivity contribution in [2.24, 2.45) is 0 Å². The molecule has 0 fully saturated rings. The molecule has 0 aliphatic carbocycles. The van der Waals surface area contributed by atoms with Crippen LogP contribution in [0.25, 0.3) is 66.1 Å². The average Bonchev–Trinajstić information content (AvgIpc) is 3.55. The Morgan fingerprint density at radius 3 is 1.46 bits per heavy atom. The standard InChI is InChI=1S/C46H31NO/c1-4-14-32(15-5-1)35-20-12-22-37(28-35)47(38-23-13-21-36(29-38)33-16-6-2-7-17-33)39-26-27-40-42(34-18-8-3-9-19-34)31-45-46(43(40)30-39)41-24-10-11-25-44(41)48-45/h1-31H. The largest absolute Gasteiger partial charge is 0.456 e. The predicted octanol–water partition coefficient (Wildman–Crippen LogP) is 13.2. The van der Waals surface area contributed by atoms with Crippen LogP contribution in [0, 0.1) is 0 Å². The fourth-order valence-electron chi connectivity index (χ4n) is 6.98. The second-order valence-electron chi connectivity index (χ2n) is 12.2. The van der Waals surface area contributed by atoms with E-state index >= 15 is 0 Å². The summed E-state index contributed by atoms with van der Waals surface area (Å²) < 4.78 is 6.51. The second kappa shape index (κ2) is 11.8. The van der Waals surface area contributed by atoms with Crippen LogP contribution < -0.4 is 4.90 Å². The van der Waals surface area contributed by atoms with Gasteiger partial charge in [-0.1, -0.05) is 140 Å². The first-order chi connectivity index (χ1) is 23.8. The van der Waals surface area contributed by atoms with Crippen LogP contribution in [-0.2, 0) is 0 Å². The van der Waals surface area contributed by atoms with Crippen LogP contribution in [0.5, 0.6) is 0 Å². The molecule has 2 heteroatoms. The van der Waals surface area contributed by atoms with Crippen molar-refractivity contribution < 1.29 is 4.42 Å². The van der Waals surface area contributed by atoms with Gasteiger partial charge in [-0.2, -0.15) is 0 Å². The molecule has 226 valence electrons. The molecule has 1 heterocycles. The maximum absolute atomic E-state index is 6.51. The highest BCUT2D eigenvalue weighted by Crippen LogP contribution is 2.44. The van der Waals surface area contributed by atoms with Gasteiger partial charge in [-0.05, 0) is 92.7 Å². The Bertz CT molecular complexity index is 2470. The second-order valence-corrected chi connectivity index (χ2v) is 12.2. The number of rotatable bonds is 6. The molecule has 0 N–H and O–H groups in total. The summed E-state index contributed by atoms with van der Waals surface area (Å²) in [7, 11) is 0. The molecule has 0 saturated carbocycles. The summed E-state index contributed by atoms with van der Waals surface area (Å²) in [6.45, 7) is 0. The monoisotopic (exact) mass is 613 g/mol. The Morgan fingerprint density at radius 1 is 0.312 bits per heavy atom. The summed E-state index contributed by atoms with van der Waals surface area (Å²) in [5, 5.41) is 4.62. The molecule has 0 aliphatic heterocycles. The number of furan rings is 1. The van der Waals surface area contributed by atoms with Crippen molar-refractivity contribution in [3.8, 4) is 33.4 Å². The van der Waals surface area contributed by atoms with Gasteiger partial charge in [0.05, 0.1) is 0 Å². The average molecular weight is 614 g/mol. The predicted molar refractivity (Wildman–Crippen MR) is 202 cm³/mol. The number of para-hydroxylation sites is 1. The third kappa shape index (κ3) is 4.92. The Kier molecular flexibility index (Phi) is 6.84. The summed E-state index contributed by atoms with van der Waals surface area (Å²) in [5.74, 6) is 0. The van der Waals surface area contributed by atoms with Gasteiger partial charge >= 0.3 is 0 Å². The van der Waals surface area contributed by atoms with E-state index in [9.17, 15) is 0 Å². The molecule has 0 amide bonds. The normalized spacial score (nSPS) is 11.3. The number of nitrogens with zero attached hydrogens (tertiary/aromatic N) is 1. The van der Waals surface area contributed by atoms with Crippen LogP contribution in [0.1, 0.15) is 0 Å². The third-order valence-electron chi connectivity index (χ3n) is 9.23. The summed E-state index contributed by atoms with van der Waals surface area (Å²) in [6.07, 6.45) is 0. The van der Waals surface area contributed by atoms with E-state index in [2.05, 4.69) is 187 Å². The van der Waals surface area contributed by atoms with E-state index in [-0.39, 0.29) is 0 Å². The van der Waals surface area contributed by atoms with Gasteiger partial charge in [0.25, 0.3) is 0 Å². The van der Waals surface area contributed by atoms with Crippen molar-refractivity contribution in [2.45, 2.75) is 0 Å². The first kappa shape index (κ1) is 27.9. The molecule has 1 aromatic heterocycles. The van der Waals surface area contributed by atoms with Crippen LogP contribution in [0.2, 0.25) is 0 Å². The molecule has 48 heavy (non-hydrogen) atoms. The quantitative estimate of drug-likeness (QED) is 0.185. The lowest BCUT2D eigenvalue weighted by molar-refractivity contribution is 0.669. The van der Waals surface area contributed by atoms with E-state index in [0.717, 1.165) is 50.0 Å². The van der Waals surface area contributed by atoms with Crippen molar-refractivity contribution in [2.75, 3.05) is 4.90 Å². The fourth-order valence-corrected chi connectivity index (χ4v) is 6.98. The van der Waals surface area contributed by atoms with Gasteiger partial charge in [0.15, 0.2) is 0 Å². The van der Waals surface area contributed by atoms with E-state index in [1.54, 1.807) is 0 Å². The minimum absolute atomic E-state index is 0.892. The smallest absolute Gasteiger partial charge is 0.136 e. The minimum atomic E-state index is 0.892. The van der Waals surface area contributed by atoms with E-state index in [0.29, 0.717) is 0 Å². The summed E-state index contributed by atoms with van der Waals surface area (Å²) in [5.41, 5.74) is 12.1. The maximum atomic E-state index is 6.51. The molecule has 9 aromatic rings. The Hall–Kier alpha value is -6.38. The minimum Gasteiger partial charge on any atom is -0.456 e. The van der Waals surface area contributed by atoms with Gasteiger partial charge in [0, 0.05) is 27.8 Å². The number of hydrogen-bond acceptors (Lipinski definition) is 2. The van der Waals surface area contributed by atoms with E-state index < -0.39 is 0 Å². The number of anilines is 3. The third-order valence-corrected chi connectivity index (χ3v) is 9.23. The van der Waals surface area contributed by atoms with Crippen LogP contribution >= 0.6 is 0 Å². The molecule has 0 aliphatic rings. The zero-order valence-corrected chi connectivity index (χ0v) is 26.3. The van der Waals surface area contributed by atoms with Crippen LogP contribution in [0.4, 0.5) is 17.1 Å². The van der Waals surface area contributed by atoms with E-state index in [1.165, 1.54) is 33.2 Å². The Balaban J connectivity index is 1.31. The molecular weight excluding hydrogens is 583 g/mol. The highest BCUT2D eigenvalue weighted by Gasteiger charge is 2.19. The first-order valence-electron chi connectivity index (χ1n) is 16.3. The summed E-state index contributed by atoms with van der Waals surface area (Å²) >= 11 is 0. The number of hydrogen-bond donors (Lipinski definition) is 0. The molecule has 2 nitrogen and oxygen atoms in total. The molecule has 9 rings (SSSR count). The topological polar surface area (TPSA) is 16.4 Å². The van der Waals surface area contributed by atoms with Gasteiger partial charge in [0.1, 0.15) is 11.2 Å². The van der Waals surface area contributed by atoms with Crippen molar-refractivity contribution >= 4 is 49.8 Å². The van der Waals surface area contributed by atoms with Gasteiger partial charge in [-0.3, -0.25) is 0 Å². The first-order valence-corrected chi connectivity index (χ1v) is 16.3.